The van der Waals surface area contributed by atoms with Gasteiger partial charge >= 0.3 is 0 Å². The molecule has 0 saturated carbocycles. The molecule has 0 bridgehead atoms. The largest absolute Gasteiger partial charge is 0.324 e. The van der Waals surface area contributed by atoms with Gasteiger partial charge in [0.2, 0.25) is 5.91 Å². The summed E-state index contributed by atoms with van der Waals surface area (Å²) in [6.07, 6.45) is 0. The van der Waals surface area contributed by atoms with Gasteiger partial charge in [-0.25, -0.2) is 0 Å². The van der Waals surface area contributed by atoms with Crippen molar-refractivity contribution < 1.29 is 4.79 Å². The fourth-order valence-electron chi connectivity index (χ4n) is 3.45. The summed E-state index contributed by atoms with van der Waals surface area (Å²) in [4.78, 5) is 13.0. The van der Waals surface area contributed by atoms with Gasteiger partial charge in [0.1, 0.15) is 11.7 Å². The van der Waals surface area contributed by atoms with Crippen LogP contribution in [0.3, 0.4) is 0 Å². The number of halogens is 1. The first-order valence-corrected chi connectivity index (χ1v) is 9.94. The number of aromatic nitrogens is 2. The van der Waals surface area contributed by atoms with Gasteiger partial charge in [0, 0.05) is 21.7 Å². The van der Waals surface area contributed by atoms with Crippen LogP contribution in [0.4, 0.5) is 5.69 Å². The molecule has 0 unspecified atom stereocenters. The molecule has 146 valence electrons. The summed E-state index contributed by atoms with van der Waals surface area (Å²) in [5, 5.41) is 9.42. The molecule has 4 nitrogen and oxygen atoms in total. The zero-order chi connectivity index (χ0) is 20.5. The van der Waals surface area contributed by atoms with Gasteiger partial charge in [-0.1, -0.05) is 54.1 Å². The van der Waals surface area contributed by atoms with Crippen LogP contribution in [-0.2, 0) is 4.79 Å². The van der Waals surface area contributed by atoms with Crippen LogP contribution in [0.15, 0.2) is 66.7 Å². The molecule has 1 atom stereocenters. The summed E-state index contributed by atoms with van der Waals surface area (Å²) in [5.74, 6) is -0.113. The molecular weight excluding hydrogens is 382 g/mol. The summed E-state index contributed by atoms with van der Waals surface area (Å²) < 4.78 is 1.77. The lowest BCUT2D eigenvalue weighted by Gasteiger charge is -2.16. The van der Waals surface area contributed by atoms with Gasteiger partial charge in [-0.15, -0.1) is 0 Å². The van der Waals surface area contributed by atoms with Crippen molar-refractivity contribution >= 4 is 34.1 Å². The van der Waals surface area contributed by atoms with E-state index in [1.807, 2.05) is 87.5 Å². The Morgan fingerprint density at radius 1 is 1.03 bits per heavy atom. The van der Waals surface area contributed by atoms with E-state index in [0.717, 1.165) is 39.0 Å². The molecule has 0 fully saturated rings. The van der Waals surface area contributed by atoms with Crippen molar-refractivity contribution in [3.63, 3.8) is 0 Å². The fraction of sp³-hybridized carbons (Fsp3) is 0.167. The third-order valence-electron chi connectivity index (χ3n) is 5.32. The van der Waals surface area contributed by atoms with Crippen LogP contribution in [0.5, 0.6) is 0 Å². The number of rotatable bonds is 4. The second-order valence-corrected chi connectivity index (χ2v) is 7.67. The number of hydrogen-bond donors (Lipinski definition) is 1. The van der Waals surface area contributed by atoms with Crippen molar-refractivity contribution in [3.05, 3.63) is 82.9 Å². The highest BCUT2D eigenvalue weighted by molar-refractivity contribution is 6.31. The van der Waals surface area contributed by atoms with Crippen molar-refractivity contribution in [2.75, 3.05) is 5.32 Å². The van der Waals surface area contributed by atoms with Crippen LogP contribution in [-0.4, -0.2) is 15.7 Å². The third-order valence-corrected chi connectivity index (χ3v) is 5.56. The maximum Gasteiger partial charge on any atom is 0.248 e. The van der Waals surface area contributed by atoms with Crippen molar-refractivity contribution in [2.45, 2.75) is 26.8 Å². The monoisotopic (exact) mass is 403 g/mol. The second kappa shape index (κ2) is 7.72. The molecule has 1 aromatic heterocycles. The van der Waals surface area contributed by atoms with E-state index in [9.17, 15) is 4.79 Å². The Balaban J connectivity index is 1.75. The lowest BCUT2D eigenvalue weighted by atomic mass is 10.1. The number of nitrogens with zero attached hydrogens (tertiary/aromatic N) is 2. The van der Waals surface area contributed by atoms with Crippen LogP contribution in [0.1, 0.15) is 24.1 Å². The molecule has 5 heteroatoms. The molecule has 0 aliphatic carbocycles. The Morgan fingerprint density at radius 2 is 1.79 bits per heavy atom. The molecule has 1 N–H and O–H groups in total. The van der Waals surface area contributed by atoms with E-state index in [1.165, 1.54) is 0 Å². The molecule has 1 heterocycles. The molecule has 3 aromatic carbocycles. The maximum atomic E-state index is 13.0. The predicted octanol–water partition coefficient (Wildman–Crippen LogP) is 6.17. The number of aryl methyl sites for hydroxylation is 1. The Bertz CT molecular complexity index is 1200. The smallest absolute Gasteiger partial charge is 0.248 e. The minimum absolute atomic E-state index is 0.113. The van der Waals surface area contributed by atoms with Crippen LogP contribution in [0.25, 0.3) is 22.2 Å². The highest BCUT2D eigenvalue weighted by Crippen LogP contribution is 2.32. The first kappa shape index (κ1) is 19.2. The van der Waals surface area contributed by atoms with Gasteiger partial charge in [0.05, 0.1) is 5.52 Å². The van der Waals surface area contributed by atoms with E-state index in [0.29, 0.717) is 5.02 Å². The summed E-state index contributed by atoms with van der Waals surface area (Å²) in [6, 6.07) is 21.0. The molecule has 4 aromatic rings. The van der Waals surface area contributed by atoms with Gasteiger partial charge in [0.15, 0.2) is 0 Å². The lowest BCUT2D eigenvalue weighted by molar-refractivity contribution is -0.118. The minimum atomic E-state index is -0.490. The van der Waals surface area contributed by atoms with Gasteiger partial charge in [-0.2, -0.15) is 5.10 Å². The second-order valence-electron chi connectivity index (χ2n) is 7.23. The maximum absolute atomic E-state index is 13.0. The molecule has 0 aliphatic rings. The van der Waals surface area contributed by atoms with Gasteiger partial charge in [-0.3, -0.25) is 9.48 Å². The molecule has 4 rings (SSSR count). The average molecular weight is 404 g/mol. The van der Waals surface area contributed by atoms with E-state index < -0.39 is 6.04 Å². The topological polar surface area (TPSA) is 46.9 Å². The van der Waals surface area contributed by atoms with Crippen LogP contribution in [0, 0.1) is 13.8 Å². The Kier molecular flexibility index (Phi) is 5.12. The predicted molar refractivity (Wildman–Crippen MR) is 119 cm³/mol. The number of benzene rings is 3. The van der Waals surface area contributed by atoms with Crippen molar-refractivity contribution in [2.24, 2.45) is 0 Å². The van der Waals surface area contributed by atoms with Crippen LogP contribution in [0.2, 0.25) is 5.02 Å². The molecule has 1 amide bonds. The molecule has 0 spiro atoms. The summed E-state index contributed by atoms with van der Waals surface area (Å²) >= 11 is 6.25. The number of carbonyl (C=O) groups excluding carboxylic acids is 1. The van der Waals surface area contributed by atoms with E-state index in [2.05, 4.69) is 5.32 Å². The standard InChI is InChI=1S/C24H22ClN3O/c1-15-8-7-11-21(16(15)2)26-24(29)17(3)28-22-13-12-19(25)14-20(22)23(27-28)18-9-5-4-6-10-18/h4-14,17H,1-3H3,(H,26,29)/t17-/m0/s1. The first-order chi connectivity index (χ1) is 14.0. The van der Waals surface area contributed by atoms with Gasteiger partial charge in [0.25, 0.3) is 0 Å². The van der Waals surface area contributed by atoms with Crippen molar-refractivity contribution in [3.8, 4) is 11.3 Å². The first-order valence-electron chi connectivity index (χ1n) is 9.56. The number of anilines is 1. The Morgan fingerprint density at radius 3 is 2.55 bits per heavy atom. The number of nitrogens with one attached hydrogen (secondary N) is 1. The molecule has 29 heavy (non-hydrogen) atoms. The van der Waals surface area contributed by atoms with E-state index in [1.54, 1.807) is 4.68 Å². The van der Waals surface area contributed by atoms with E-state index in [4.69, 9.17) is 16.7 Å². The third kappa shape index (κ3) is 3.64. The quantitative estimate of drug-likeness (QED) is 0.442. The summed E-state index contributed by atoms with van der Waals surface area (Å²) in [7, 11) is 0. The highest BCUT2D eigenvalue weighted by atomic mass is 35.5. The highest BCUT2D eigenvalue weighted by Gasteiger charge is 2.22. The van der Waals surface area contributed by atoms with Crippen LogP contribution >= 0.6 is 11.6 Å². The van der Waals surface area contributed by atoms with Gasteiger partial charge in [-0.05, 0) is 56.2 Å². The van der Waals surface area contributed by atoms with Crippen LogP contribution < -0.4 is 5.32 Å². The Labute approximate surface area is 175 Å². The van der Waals surface area contributed by atoms with Crippen molar-refractivity contribution in [1.82, 2.24) is 9.78 Å². The summed E-state index contributed by atoms with van der Waals surface area (Å²) in [5.41, 5.74) is 5.70. The zero-order valence-corrected chi connectivity index (χ0v) is 17.4. The van der Waals surface area contributed by atoms with E-state index in [-0.39, 0.29) is 5.91 Å². The number of hydrogen-bond acceptors (Lipinski definition) is 2. The normalized spacial score (nSPS) is 12.1. The van der Waals surface area contributed by atoms with E-state index >= 15 is 0 Å². The number of fused-ring (bicyclic) bond motifs is 1. The zero-order valence-electron chi connectivity index (χ0n) is 16.6. The molecular formula is C24H22ClN3O. The number of amides is 1. The average Bonchev–Trinajstić information content (AvgIpc) is 3.10. The molecule has 0 radical (unpaired) electrons. The summed E-state index contributed by atoms with van der Waals surface area (Å²) in [6.45, 7) is 5.90. The molecule has 0 aliphatic heterocycles. The number of carbonyl (C=O) groups is 1. The Hall–Kier alpha value is -3.11. The fourth-order valence-corrected chi connectivity index (χ4v) is 3.62. The lowest BCUT2D eigenvalue weighted by Crippen LogP contribution is -2.25. The SMILES string of the molecule is Cc1cccc(NC(=O)[C@H](C)n2nc(-c3ccccc3)c3cc(Cl)ccc32)c1C. The van der Waals surface area contributed by atoms with Gasteiger partial charge < -0.3 is 5.32 Å². The molecule has 0 saturated heterocycles. The van der Waals surface area contributed by atoms with Crippen molar-refractivity contribution in [1.29, 1.82) is 0 Å². The minimum Gasteiger partial charge on any atom is -0.324 e.